The van der Waals surface area contributed by atoms with Crippen LogP contribution in [-0.2, 0) is 9.53 Å². The molecule has 0 aromatic heterocycles. The second-order valence-corrected chi connectivity index (χ2v) is 11.8. The van der Waals surface area contributed by atoms with Gasteiger partial charge in [0.2, 0.25) is 6.29 Å². The Morgan fingerprint density at radius 2 is 1.68 bits per heavy atom. The fraction of sp³-hybridized carbons (Fsp3) is 0.414. The van der Waals surface area contributed by atoms with Crippen molar-refractivity contribution >= 4 is 27.4 Å². The van der Waals surface area contributed by atoms with Crippen molar-refractivity contribution in [1.29, 1.82) is 0 Å². The van der Waals surface area contributed by atoms with Crippen LogP contribution in [0.5, 0.6) is 5.75 Å². The molecule has 5 N–H and O–H groups in total. The number of allylic oxidation sites excluding steroid dienone is 3. The first kappa shape index (κ1) is 27.1. The molecule has 1 saturated heterocycles. The van der Waals surface area contributed by atoms with Gasteiger partial charge in [0.05, 0.1) is 6.61 Å². The number of nitrogens with one attached hydrogen (secondary N) is 1. The molecule has 38 heavy (non-hydrogen) atoms. The third kappa shape index (κ3) is 5.32. The zero-order valence-corrected chi connectivity index (χ0v) is 22.8. The van der Waals surface area contributed by atoms with Crippen LogP contribution in [0.25, 0.3) is 5.70 Å². The highest BCUT2D eigenvalue weighted by Gasteiger charge is 2.45. The third-order valence-corrected chi connectivity index (χ3v) is 7.87. The third-order valence-electron chi connectivity index (χ3n) is 7.34. The number of aliphatic hydroxyl groups is 4. The first-order chi connectivity index (χ1) is 18.1. The van der Waals surface area contributed by atoms with Gasteiger partial charge in [0.1, 0.15) is 30.2 Å². The van der Waals surface area contributed by atoms with Crippen LogP contribution >= 0.6 is 15.9 Å². The van der Waals surface area contributed by atoms with Crippen LogP contribution in [0.3, 0.4) is 0 Å². The Balaban J connectivity index is 1.44. The monoisotopic (exact) mass is 585 g/mol. The Labute approximate surface area is 229 Å². The first-order valence-electron chi connectivity index (χ1n) is 12.6. The van der Waals surface area contributed by atoms with E-state index < -0.39 is 37.3 Å². The molecule has 202 valence electrons. The van der Waals surface area contributed by atoms with E-state index in [-0.39, 0.29) is 17.1 Å². The van der Waals surface area contributed by atoms with Crippen LogP contribution in [0.1, 0.15) is 43.7 Å². The summed E-state index contributed by atoms with van der Waals surface area (Å²) in [7, 11) is 0. The quantitative estimate of drug-likeness (QED) is 0.362. The van der Waals surface area contributed by atoms with Gasteiger partial charge in [-0.1, -0.05) is 54.0 Å². The Hall–Kier alpha value is -2.53. The van der Waals surface area contributed by atoms with Gasteiger partial charge < -0.3 is 35.2 Å². The summed E-state index contributed by atoms with van der Waals surface area (Å²) in [6, 6.07) is 15.2. The van der Waals surface area contributed by atoms with Gasteiger partial charge in [-0.15, -0.1) is 0 Å². The highest BCUT2D eigenvalue weighted by atomic mass is 79.9. The molecule has 0 saturated carbocycles. The molecule has 1 unspecified atom stereocenters. The van der Waals surface area contributed by atoms with E-state index in [4.69, 9.17) is 9.47 Å². The molecule has 0 bridgehead atoms. The van der Waals surface area contributed by atoms with Crippen LogP contribution in [0.2, 0.25) is 0 Å². The van der Waals surface area contributed by atoms with Crippen molar-refractivity contribution < 1.29 is 34.7 Å². The maximum absolute atomic E-state index is 13.3. The van der Waals surface area contributed by atoms with Gasteiger partial charge >= 0.3 is 0 Å². The average molecular weight is 586 g/mol. The van der Waals surface area contributed by atoms with Crippen molar-refractivity contribution in [3.8, 4) is 5.75 Å². The minimum Gasteiger partial charge on any atom is -0.462 e. The molecule has 3 aliphatic rings. The van der Waals surface area contributed by atoms with Crippen molar-refractivity contribution in [2.75, 3.05) is 6.61 Å². The van der Waals surface area contributed by atoms with Gasteiger partial charge in [-0.05, 0) is 53.3 Å². The molecular formula is C29H32BrNO7. The predicted molar refractivity (Wildman–Crippen MR) is 144 cm³/mol. The number of hydrogen-bond acceptors (Lipinski definition) is 8. The van der Waals surface area contributed by atoms with Gasteiger partial charge in [-0.25, -0.2) is 0 Å². The fourth-order valence-corrected chi connectivity index (χ4v) is 5.64. The summed E-state index contributed by atoms with van der Waals surface area (Å²) in [5, 5.41) is 43.3. The number of benzene rings is 2. The molecule has 8 nitrogen and oxygen atoms in total. The number of halogens is 1. The Bertz CT molecular complexity index is 1250. The van der Waals surface area contributed by atoms with Crippen LogP contribution in [0.4, 0.5) is 0 Å². The minimum atomic E-state index is -1.52. The smallest absolute Gasteiger partial charge is 0.229 e. The molecule has 0 amide bonds. The van der Waals surface area contributed by atoms with Gasteiger partial charge in [0.15, 0.2) is 5.78 Å². The Kier molecular flexibility index (Phi) is 7.52. The lowest BCUT2D eigenvalue weighted by molar-refractivity contribution is -0.277. The number of carbonyl (C=O) groups excluding carboxylic acids is 1. The predicted octanol–water partition coefficient (Wildman–Crippen LogP) is 3.00. The number of ketones is 1. The normalized spacial score (nSPS) is 30.8. The largest absolute Gasteiger partial charge is 0.462 e. The van der Waals surface area contributed by atoms with E-state index in [1.807, 2.05) is 36.4 Å². The van der Waals surface area contributed by atoms with E-state index in [1.165, 1.54) is 0 Å². The van der Waals surface area contributed by atoms with Gasteiger partial charge in [-0.2, -0.15) is 0 Å². The summed E-state index contributed by atoms with van der Waals surface area (Å²) in [4.78, 5) is 13.3. The van der Waals surface area contributed by atoms with E-state index in [2.05, 4.69) is 41.2 Å². The molecular weight excluding hydrogens is 554 g/mol. The molecule has 0 radical (unpaired) electrons. The zero-order chi connectivity index (χ0) is 27.2. The van der Waals surface area contributed by atoms with E-state index >= 15 is 0 Å². The van der Waals surface area contributed by atoms with Crippen molar-refractivity contribution in [3.05, 3.63) is 81.5 Å². The molecule has 1 fully saturated rings. The summed E-state index contributed by atoms with van der Waals surface area (Å²) in [5.74, 6) is 0.241. The average Bonchev–Trinajstić information content (AvgIpc) is 2.88. The minimum absolute atomic E-state index is 0.126. The number of hydrogen-bond donors (Lipinski definition) is 5. The molecule has 1 aliphatic carbocycles. The first-order valence-corrected chi connectivity index (χ1v) is 13.4. The van der Waals surface area contributed by atoms with Crippen molar-refractivity contribution in [3.63, 3.8) is 0 Å². The zero-order valence-electron chi connectivity index (χ0n) is 21.2. The van der Waals surface area contributed by atoms with Crippen molar-refractivity contribution in [2.24, 2.45) is 5.41 Å². The van der Waals surface area contributed by atoms with E-state index in [1.54, 1.807) is 12.1 Å². The molecule has 2 aromatic carbocycles. The number of dihydropyridines is 1. The highest BCUT2D eigenvalue weighted by Crippen LogP contribution is 2.45. The Morgan fingerprint density at radius 1 is 1.00 bits per heavy atom. The second-order valence-electron chi connectivity index (χ2n) is 10.9. The lowest BCUT2D eigenvalue weighted by Gasteiger charge is -2.39. The molecule has 2 aliphatic heterocycles. The van der Waals surface area contributed by atoms with Gasteiger partial charge in [-0.3, -0.25) is 4.79 Å². The number of Topliss-reactive ketones (excluding diaryl/α,β-unsaturated/α-hetero) is 1. The van der Waals surface area contributed by atoms with Gasteiger partial charge in [0.25, 0.3) is 0 Å². The van der Waals surface area contributed by atoms with E-state index in [9.17, 15) is 25.2 Å². The van der Waals surface area contributed by atoms with Crippen LogP contribution in [0, 0.1) is 5.41 Å². The maximum atomic E-state index is 13.3. The van der Waals surface area contributed by atoms with Crippen molar-refractivity contribution in [2.45, 2.75) is 63.3 Å². The van der Waals surface area contributed by atoms with Crippen LogP contribution in [-0.4, -0.2) is 63.5 Å². The van der Waals surface area contributed by atoms with E-state index in [0.29, 0.717) is 12.2 Å². The van der Waals surface area contributed by atoms with Crippen LogP contribution in [0.15, 0.2) is 70.3 Å². The summed E-state index contributed by atoms with van der Waals surface area (Å²) < 4.78 is 12.2. The molecule has 2 heterocycles. The number of ether oxygens (including phenoxy) is 2. The summed E-state index contributed by atoms with van der Waals surface area (Å²) >= 11 is 3.49. The Morgan fingerprint density at radius 3 is 2.34 bits per heavy atom. The lowest BCUT2D eigenvalue weighted by atomic mass is 9.70. The molecule has 6 atom stereocenters. The fourth-order valence-electron chi connectivity index (χ4n) is 5.37. The number of rotatable bonds is 5. The standard InChI is InChI=1S/C29H32BrNO7/c1-29(2)12-21-24(22(33)13-29)19(11-20(31-21)16-3-7-17(30)8-4-16)15-5-9-18(10-6-15)37-28-27(36)26(35)25(34)23(14-32)38-28/h3-11,19,23,25-28,31-32,34-36H,12-14H2,1-2H3/t19?,23-,25-,26-,27-,28-/m1/s1. The number of aliphatic hydroxyl groups excluding tert-OH is 4. The van der Waals surface area contributed by atoms with E-state index in [0.717, 1.165) is 39.0 Å². The molecule has 9 heteroatoms. The lowest BCUT2D eigenvalue weighted by Crippen LogP contribution is -2.60. The summed E-state index contributed by atoms with van der Waals surface area (Å²) in [6.07, 6.45) is -3.48. The maximum Gasteiger partial charge on any atom is 0.229 e. The highest BCUT2D eigenvalue weighted by molar-refractivity contribution is 9.10. The SMILES string of the molecule is CC1(C)CC(=O)C2=C(C1)NC(c1ccc(Br)cc1)=CC2c1ccc(O[C@@H]2O[C@H](CO)[C@@H](O)[C@@H](O)[C@H]2O)cc1. The van der Waals surface area contributed by atoms with Crippen molar-refractivity contribution in [1.82, 2.24) is 5.32 Å². The topological polar surface area (TPSA) is 128 Å². The van der Waals surface area contributed by atoms with Crippen LogP contribution < -0.4 is 10.1 Å². The van der Waals surface area contributed by atoms with Gasteiger partial charge in [0, 0.05) is 33.8 Å². The summed E-state index contributed by atoms with van der Waals surface area (Å²) in [6.45, 7) is 3.68. The number of carbonyl (C=O) groups is 1. The molecule has 0 spiro atoms. The molecule has 2 aromatic rings. The molecule has 5 rings (SSSR count). The summed E-state index contributed by atoms with van der Waals surface area (Å²) in [5.41, 5.74) is 4.43. The second kappa shape index (κ2) is 10.6.